The molecule has 21 heavy (non-hydrogen) atoms. The van der Waals surface area contributed by atoms with Gasteiger partial charge in [-0.05, 0) is 39.5 Å². The fraction of sp³-hybridized carbons (Fsp3) is 0.941. The van der Waals surface area contributed by atoms with Crippen LogP contribution in [0, 0.1) is 0 Å². The van der Waals surface area contributed by atoms with Crippen LogP contribution in [0.4, 0.5) is 0 Å². The zero-order valence-electron chi connectivity index (χ0n) is 14.4. The second-order valence-electron chi connectivity index (χ2n) is 6.17. The van der Waals surface area contributed by atoms with Crippen molar-refractivity contribution in [1.82, 2.24) is 5.32 Å². The van der Waals surface area contributed by atoms with E-state index in [4.69, 9.17) is 4.74 Å². The predicted octanol–water partition coefficient (Wildman–Crippen LogP) is 3.99. The van der Waals surface area contributed by atoms with E-state index in [1.807, 2.05) is 20.8 Å². The first-order valence-corrected chi connectivity index (χ1v) is 8.57. The summed E-state index contributed by atoms with van der Waals surface area (Å²) >= 11 is 0. The molecule has 126 valence electrons. The topological polar surface area (TPSA) is 58.6 Å². The van der Waals surface area contributed by atoms with Gasteiger partial charge in [0.15, 0.2) is 0 Å². The molecule has 0 amide bonds. The maximum absolute atomic E-state index is 11.6. The van der Waals surface area contributed by atoms with Crippen LogP contribution in [0.3, 0.4) is 0 Å². The van der Waals surface area contributed by atoms with Gasteiger partial charge in [0.05, 0.1) is 0 Å². The van der Waals surface area contributed by atoms with Gasteiger partial charge in [-0.2, -0.15) is 0 Å². The van der Waals surface area contributed by atoms with Crippen LogP contribution >= 0.6 is 0 Å². The Balaban J connectivity index is 3.86. The Morgan fingerprint density at radius 1 is 1.10 bits per heavy atom. The molecule has 1 unspecified atom stereocenters. The van der Waals surface area contributed by atoms with E-state index in [0.29, 0.717) is 19.4 Å². The van der Waals surface area contributed by atoms with Crippen molar-refractivity contribution in [2.24, 2.45) is 0 Å². The minimum atomic E-state index is -0.807. The van der Waals surface area contributed by atoms with E-state index in [1.165, 1.54) is 25.7 Å². The first-order chi connectivity index (χ1) is 9.98. The largest absolute Gasteiger partial charge is 0.480 e. The van der Waals surface area contributed by atoms with Gasteiger partial charge in [-0.1, -0.05) is 39.5 Å². The molecule has 0 heterocycles. The molecule has 0 bridgehead atoms. The summed E-state index contributed by atoms with van der Waals surface area (Å²) < 4.78 is 5.62. The molecule has 0 aromatic carbocycles. The van der Waals surface area contributed by atoms with Crippen molar-refractivity contribution in [2.75, 3.05) is 13.2 Å². The second kappa shape index (κ2) is 12.0. The van der Waals surface area contributed by atoms with Crippen molar-refractivity contribution in [2.45, 2.75) is 90.6 Å². The van der Waals surface area contributed by atoms with Crippen LogP contribution in [0.15, 0.2) is 0 Å². The van der Waals surface area contributed by atoms with Gasteiger partial charge in [-0.3, -0.25) is 10.1 Å². The van der Waals surface area contributed by atoms with E-state index >= 15 is 0 Å². The number of aliphatic carboxylic acids is 1. The van der Waals surface area contributed by atoms with E-state index in [-0.39, 0.29) is 6.04 Å². The molecular weight excluding hydrogens is 266 g/mol. The Morgan fingerprint density at radius 3 is 2.24 bits per heavy atom. The molecule has 0 aliphatic heterocycles. The molecule has 0 aliphatic rings. The second-order valence-corrected chi connectivity index (χ2v) is 6.17. The van der Waals surface area contributed by atoms with Crippen LogP contribution in [0.5, 0.6) is 0 Å². The predicted molar refractivity (Wildman–Crippen MR) is 87.7 cm³/mol. The summed E-state index contributed by atoms with van der Waals surface area (Å²) in [7, 11) is 0. The highest BCUT2D eigenvalue weighted by atomic mass is 16.5. The van der Waals surface area contributed by atoms with E-state index < -0.39 is 11.5 Å². The average Bonchev–Trinajstić information content (AvgIpc) is 2.43. The van der Waals surface area contributed by atoms with Gasteiger partial charge in [0.2, 0.25) is 0 Å². The lowest BCUT2D eigenvalue weighted by Gasteiger charge is -2.31. The Morgan fingerprint density at radius 2 is 1.71 bits per heavy atom. The molecule has 4 nitrogen and oxygen atoms in total. The molecule has 0 aromatic heterocycles. The number of carbonyl (C=O) groups is 1. The molecule has 0 aromatic rings. The van der Waals surface area contributed by atoms with Gasteiger partial charge in [-0.15, -0.1) is 0 Å². The molecule has 0 saturated heterocycles. The van der Waals surface area contributed by atoms with E-state index in [9.17, 15) is 9.90 Å². The lowest BCUT2D eigenvalue weighted by atomic mass is 9.89. The molecule has 4 heteroatoms. The van der Waals surface area contributed by atoms with Crippen molar-refractivity contribution in [3.05, 3.63) is 0 Å². The number of carboxylic acid groups (broad SMARTS) is 1. The third kappa shape index (κ3) is 9.10. The van der Waals surface area contributed by atoms with Gasteiger partial charge in [0.25, 0.3) is 0 Å². The summed E-state index contributed by atoms with van der Waals surface area (Å²) in [5.41, 5.74) is -0.807. The molecule has 0 rings (SSSR count). The number of nitrogens with one attached hydrogen (secondary N) is 1. The van der Waals surface area contributed by atoms with Crippen molar-refractivity contribution in [3.63, 3.8) is 0 Å². The zero-order valence-corrected chi connectivity index (χ0v) is 14.4. The minimum Gasteiger partial charge on any atom is -0.480 e. The smallest absolute Gasteiger partial charge is 0.323 e. The third-order valence-electron chi connectivity index (χ3n) is 3.86. The summed E-state index contributed by atoms with van der Waals surface area (Å²) in [5.74, 6) is -0.752. The van der Waals surface area contributed by atoms with Crippen LogP contribution in [-0.4, -0.2) is 35.9 Å². The highest BCUT2D eigenvalue weighted by Gasteiger charge is 2.36. The molecule has 0 aliphatic carbocycles. The van der Waals surface area contributed by atoms with Gasteiger partial charge < -0.3 is 9.84 Å². The Kier molecular flexibility index (Phi) is 11.6. The molecule has 1 atom stereocenters. The Labute approximate surface area is 130 Å². The van der Waals surface area contributed by atoms with E-state index in [2.05, 4.69) is 12.2 Å². The normalized spacial score (nSPS) is 14.3. The fourth-order valence-corrected chi connectivity index (χ4v) is 2.61. The summed E-state index contributed by atoms with van der Waals surface area (Å²) in [4.78, 5) is 11.6. The van der Waals surface area contributed by atoms with Gasteiger partial charge in [-0.25, -0.2) is 0 Å². The number of hydrogen-bond donors (Lipinski definition) is 2. The number of carboxylic acids is 1. The Hall–Kier alpha value is -0.610. The summed E-state index contributed by atoms with van der Waals surface area (Å²) in [5, 5.41) is 12.7. The van der Waals surface area contributed by atoms with Crippen molar-refractivity contribution >= 4 is 5.97 Å². The van der Waals surface area contributed by atoms with Crippen LogP contribution in [0.25, 0.3) is 0 Å². The SMILES string of the molecule is CCCCCCCOCCCC(CC)(NC(C)C)C(=O)O. The number of hydrogen-bond acceptors (Lipinski definition) is 3. The quantitative estimate of drug-likeness (QED) is 0.476. The maximum atomic E-state index is 11.6. The summed E-state index contributed by atoms with van der Waals surface area (Å²) in [6.07, 6.45) is 8.20. The van der Waals surface area contributed by atoms with Crippen LogP contribution in [0.1, 0.15) is 79.1 Å². The van der Waals surface area contributed by atoms with Crippen LogP contribution in [-0.2, 0) is 9.53 Å². The van der Waals surface area contributed by atoms with Gasteiger partial charge >= 0.3 is 5.97 Å². The third-order valence-corrected chi connectivity index (χ3v) is 3.86. The van der Waals surface area contributed by atoms with E-state index in [1.54, 1.807) is 0 Å². The highest BCUT2D eigenvalue weighted by Crippen LogP contribution is 2.19. The molecule has 0 saturated carbocycles. The first-order valence-electron chi connectivity index (χ1n) is 8.57. The van der Waals surface area contributed by atoms with E-state index in [0.717, 1.165) is 19.4 Å². The Bertz CT molecular complexity index is 269. The van der Waals surface area contributed by atoms with Crippen LogP contribution in [0.2, 0.25) is 0 Å². The monoisotopic (exact) mass is 301 g/mol. The number of unbranched alkanes of at least 4 members (excludes halogenated alkanes) is 4. The van der Waals surface area contributed by atoms with Gasteiger partial charge in [0, 0.05) is 19.3 Å². The summed E-state index contributed by atoms with van der Waals surface area (Å²) in [6, 6.07) is 0.167. The first kappa shape index (κ1) is 20.4. The standard InChI is InChI=1S/C17H35NO3/c1-5-7-8-9-10-13-21-14-11-12-17(6-2,16(19)20)18-15(3)4/h15,18H,5-14H2,1-4H3,(H,19,20). The molecule has 2 N–H and O–H groups in total. The minimum absolute atomic E-state index is 0.167. The van der Waals surface area contributed by atoms with Crippen molar-refractivity contribution in [3.8, 4) is 0 Å². The zero-order chi connectivity index (χ0) is 16.1. The molecule has 0 fully saturated rings. The molecule has 0 spiro atoms. The average molecular weight is 301 g/mol. The fourth-order valence-electron chi connectivity index (χ4n) is 2.61. The van der Waals surface area contributed by atoms with Gasteiger partial charge in [0.1, 0.15) is 5.54 Å². The van der Waals surface area contributed by atoms with Crippen LogP contribution < -0.4 is 5.32 Å². The lowest BCUT2D eigenvalue weighted by Crippen LogP contribution is -2.54. The van der Waals surface area contributed by atoms with Crippen molar-refractivity contribution in [1.29, 1.82) is 0 Å². The number of rotatable bonds is 14. The lowest BCUT2D eigenvalue weighted by molar-refractivity contribution is -0.146. The molecular formula is C17H35NO3. The summed E-state index contributed by atoms with van der Waals surface area (Å²) in [6.45, 7) is 9.57. The highest BCUT2D eigenvalue weighted by molar-refractivity contribution is 5.78. The maximum Gasteiger partial charge on any atom is 0.323 e. The van der Waals surface area contributed by atoms with Crippen molar-refractivity contribution < 1.29 is 14.6 Å². The molecule has 0 radical (unpaired) electrons. The number of ether oxygens (including phenoxy) is 1.